The Bertz CT molecular complexity index is 281. The largest absolute Gasteiger partial charge is 0.463 e. The van der Waals surface area contributed by atoms with Crippen LogP contribution in [-0.4, -0.2) is 35.0 Å². The first kappa shape index (κ1) is 23.4. The lowest BCUT2D eigenvalue weighted by molar-refractivity contribution is -0.146. The number of aliphatic hydroxyl groups is 2. The third kappa shape index (κ3) is 16.3. The van der Waals surface area contributed by atoms with Gasteiger partial charge >= 0.3 is 5.97 Å². The zero-order valence-corrected chi connectivity index (χ0v) is 16.0. The van der Waals surface area contributed by atoms with E-state index in [4.69, 9.17) is 4.74 Å². The average molecular weight is 345 g/mol. The van der Waals surface area contributed by atoms with Crippen LogP contribution in [0.2, 0.25) is 0 Å². The van der Waals surface area contributed by atoms with E-state index >= 15 is 0 Å². The first-order chi connectivity index (χ1) is 11.6. The van der Waals surface area contributed by atoms with E-state index in [0.717, 1.165) is 44.9 Å². The summed E-state index contributed by atoms with van der Waals surface area (Å²) in [6.07, 6.45) is 13.7. The molecule has 2 N–H and O–H groups in total. The van der Waals surface area contributed by atoms with Crippen LogP contribution in [0, 0.1) is 0 Å². The van der Waals surface area contributed by atoms with Crippen LogP contribution in [0.15, 0.2) is 0 Å². The van der Waals surface area contributed by atoms with Gasteiger partial charge in [-0.2, -0.15) is 0 Å². The van der Waals surface area contributed by atoms with Crippen LogP contribution in [0.4, 0.5) is 0 Å². The Labute approximate surface area is 149 Å². The molecule has 0 saturated heterocycles. The minimum atomic E-state index is -0.532. The highest BCUT2D eigenvalue weighted by Crippen LogP contribution is 2.13. The number of ether oxygens (including phenoxy) is 1. The number of unbranched alkanes of at least 4 members (excludes halogenated alkanes) is 8. The van der Waals surface area contributed by atoms with Gasteiger partial charge in [-0.1, -0.05) is 71.6 Å². The molecule has 0 aromatic rings. The molecule has 0 aliphatic carbocycles. The molecular formula is C20H40O4. The molecule has 2 unspecified atom stereocenters. The van der Waals surface area contributed by atoms with Crippen molar-refractivity contribution in [2.45, 2.75) is 116 Å². The number of hydrogen-bond acceptors (Lipinski definition) is 4. The summed E-state index contributed by atoms with van der Waals surface area (Å²) in [6.45, 7) is 4.19. The molecule has 0 aromatic carbocycles. The lowest BCUT2D eigenvalue weighted by atomic mass is 10.0. The maximum Gasteiger partial charge on any atom is 0.305 e. The number of aliphatic hydroxyl groups excluding tert-OH is 2. The molecule has 0 rings (SSSR count). The highest BCUT2D eigenvalue weighted by atomic mass is 16.5. The van der Waals surface area contributed by atoms with Crippen molar-refractivity contribution < 1.29 is 19.7 Å². The summed E-state index contributed by atoms with van der Waals surface area (Å²) in [5.74, 6) is -0.200. The zero-order valence-electron chi connectivity index (χ0n) is 16.0. The first-order valence-corrected chi connectivity index (χ1v) is 10.1. The van der Waals surface area contributed by atoms with Crippen LogP contribution >= 0.6 is 0 Å². The van der Waals surface area contributed by atoms with E-state index in [1.54, 1.807) is 0 Å². The quantitative estimate of drug-likeness (QED) is 0.295. The first-order valence-electron chi connectivity index (χ1n) is 10.1. The van der Waals surface area contributed by atoms with Crippen molar-refractivity contribution in [1.82, 2.24) is 0 Å². The SMILES string of the molecule is CCCCCCC(O)CCCCCCCCC(=O)OCC(O)CC. The fourth-order valence-corrected chi connectivity index (χ4v) is 2.69. The van der Waals surface area contributed by atoms with Gasteiger partial charge in [-0.05, 0) is 25.7 Å². The second kappa shape index (κ2) is 17.2. The topological polar surface area (TPSA) is 66.8 Å². The van der Waals surface area contributed by atoms with E-state index in [1.165, 1.54) is 32.1 Å². The Balaban J connectivity index is 3.28. The van der Waals surface area contributed by atoms with Gasteiger partial charge in [0.15, 0.2) is 0 Å². The molecule has 0 aliphatic rings. The number of rotatable bonds is 17. The fourth-order valence-electron chi connectivity index (χ4n) is 2.69. The monoisotopic (exact) mass is 344 g/mol. The summed E-state index contributed by atoms with van der Waals surface area (Å²) in [4.78, 5) is 11.4. The van der Waals surface area contributed by atoms with Crippen molar-refractivity contribution >= 4 is 5.97 Å². The van der Waals surface area contributed by atoms with Crippen LogP contribution in [-0.2, 0) is 9.53 Å². The van der Waals surface area contributed by atoms with Gasteiger partial charge in [0.1, 0.15) is 6.61 Å². The Hall–Kier alpha value is -0.610. The highest BCUT2D eigenvalue weighted by molar-refractivity contribution is 5.69. The van der Waals surface area contributed by atoms with Gasteiger partial charge in [-0.25, -0.2) is 0 Å². The average Bonchev–Trinajstić information content (AvgIpc) is 2.58. The smallest absolute Gasteiger partial charge is 0.305 e. The summed E-state index contributed by atoms with van der Waals surface area (Å²) in [6, 6.07) is 0. The Kier molecular flexibility index (Phi) is 16.8. The van der Waals surface area contributed by atoms with Gasteiger partial charge in [-0.15, -0.1) is 0 Å². The maximum absolute atomic E-state index is 11.4. The van der Waals surface area contributed by atoms with Crippen LogP contribution in [0.25, 0.3) is 0 Å². The van der Waals surface area contributed by atoms with Gasteiger partial charge in [0.2, 0.25) is 0 Å². The van der Waals surface area contributed by atoms with Crippen molar-refractivity contribution in [2.75, 3.05) is 6.61 Å². The van der Waals surface area contributed by atoms with Crippen molar-refractivity contribution in [3.8, 4) is 0 Å². The molecule has 0 bridgehead atoms. The standard InChI is InChI=1S/C20H40O4/c1-3-5-6-11-14-19(22)15-12-9-7-8-10-13-16-20(23)24-17-18(21)4-2/h18-19,21-22H,3-17H2,1-2H3. The van der Waals surface area contributed by atoms with Crippen LogP contribution in [0.1, 0.15) is 104 Å². The van der Waals surface area contributed by atoms with Gasteiger partial charge < -0.3 is 14.9 Å². The Morgan fingerprint density at radius 2 is 1.33 bits per heavy atom. The molecule has 0 heterocycles. The molecular weight excluding hydrogens is 304 g/mol. The Morgan fingerprint density at radius 1 is 0.792 bits per heavy atom. The van der Waals surface area contributed by atoms with E-state index in [9.17, 15) is 15.0 Å². The number of esters is 1. The molecule has 0 fully saturated rings. The minimum Gasteiger partial charge on any atom is -0.463 e. The molecule has 0 aromatic heterocycles. The van der Waals surface area contributed by atoms with Crippen molar-refractivity contribution in [3.63, 3.8) is 0 Å². The third-order valence-corrected chi connectivity index (χ3v) is 4.47. The Morgan fingerprint density at radius 3 is 1.92 bits per heavy atom. The van der Waals surface area contributed by atoms with E-state index in [-0.39, 0.29) is 18.7 Å². The molecule has 2 atom stereocenters. The van der Waals surface area contributed by atoms with Crippen LogP contribution < -0.4 is 0 Å². The zero-order chi connectivity index (χ0) is 18.0. The number of carbonyl (C=O) groups is 1. The minimum absolute atomic E-state index is 0.116. The molecule has 0 spiro atoms. The van der Waals surface area contributed by atoms with E-state index < -0.39 is 6.10 Å². The van der Waals surface area contributed by atoms with Gasteiger partial charge in [0, 0.05) is 6.42 Å². The molecule has 0 saturated carbocycles. The summed E-state index contributed by atoms with van der Waals surface area (Å²) < 4.78 is 5.00. The van der Waals surface area contributed by atoms with E-state index in [2.05, 4.69) is 6.92 Å². The maximum atomic E-state index is 11.4. The summed E-state index contributed by atoms with van der Waals surface area (Å²) in [5.41, 5.74) is 0. The van der Waals surface area contributed by atoms with Crippen molar-refractivity contribution in [2.24, 2.45) is 0 Å². The van der Waals surface area contributed by atoms with Crippen molar-refractivity contribution in [3.05, 3.63) is 0 Å². The van der Waals surface area contributed by atoms with Gasteiger partial charge in [0.05, 0.1) is 12.2 Å². The number of carbonyl (C=O) groups excluding carboxylic acids is 1. The fraction of sp³-hybridized carbons (Fsp3) is 0.950. The van der Waals surface area contributed by atoms with E-state index in [0.29, 0.717) is 12.8 Å². The second-order valence-corrected chi connectivity index (χ2v) is 6.91. The van der Waals surface area contributed by atoms with Gasteiger partial charge in [0.25, 0.3) is 0 Å². The van der Waals surface area contributed by atoms with Crippen LogP contribution in [0.5, 0.6) is 0 Å². The normalized spacial score (nSPS) is 13.7. The predicted molar refractivity (Wildman–Crippen MR) is 99.0 cm³/mol. The molecule has 4 nitrogen and oxygen atoms in total. The molecule has 0 aliphatic heterocycles. The van der Waals surface area contributed by atoms with Gasteiger partial charge in [-0.3, -0.25) is 4.79 Å². The summed E-state index contributed by atoms with van der Waals surface area (Å²) in [7, 11) is 0. The lowest BCUT2D eigenvalue weighted by Crippen LogP contribution is -2.17. The third-order valence-electron chi connectivity index (χ3n) is 4.47. The molecule has 24 heavy (non-hydrogen) atoms. The molecule has 4 heteroatoms. The molecule has 144 valence electrons. The molecule has 0 radical (unpaired) electrons. The lowest BCUT2D eigenvalue weighted by Gasteiger charge is -2.10. The summed E-state index contributed by atoms with van der Waals surface area (Å²) >= 11 is 0. The molecule has 0 amide bonds. The summed E-state index contributed by atoms with van der Waals surface area (Å²) in [5, 5.41) is 19.2. The second-order valence-electron chi connectivity index (χ2n) is 6.91. The predicted octanol–water partition coefficient (Wildman–Crippen LogP) is 4.75. The van der Waals surface area contributed by atoms with Crippen molar-refractivity contribution in [1.29, 1.82) is 0 Å². The van der Waals surface area contributed by atoms with Crippen LogP contribution in [0.3, 0.4) is 0 Å². The highest BCUT2D eigenvalue weighted by Gasteiger charge is 2.07. The number of hydrogen-bond donors (Lipinski definition) is 2. The van der Waals surface area contributed by atoms with E-state index in [1.807, 2.05) is 6.92 Å².